The summed E-state index contributed by atoms with van der Waals surface area (Å²) >= 11 is 6.49. The maximum atomic E-state index is 12.4. The summed E-state index contributed by atoms with van der Waals surface area (Å²) in [6, 6.07) is -0.302. The van der Waals surface area contributed by atoms with Gasteiger partial charge < -0.3 is 5.73 Å². The SMILES string of the molecule is CC(Sc1ncc(C(F)(F)F)cc1Cl)C(=O)NC(N)=O. The smallest absolute Gasteiger partial charge is 0.351 e. The predicted molar refractivity (Wildman–Crippen MR) is 67.3 cm³/mol. The van der Waals surface area contributed by atoms with Gasteiger partial charge in [0, 0.05) is 6.20 Å². The third-order valence-electron chi connectivity index (χ3n) is 2.04. The molecule has 1 aromatic rings. The Morgan fingerprint density at radius 1 is 1.50 bits per heavy atom. The number of carbonyl (C=O) groups is 2. The molecule has 0 aliphatic rings. The van der Waals surface area contributed by atoms with Gasteiger partial charge in [-0.05, 0) is 13.0 Å². The Kier molecular flexibility index (Phi) is 5.23. The highest BCUT2D eigenvalue weighted by molar-refractivity contribution is 8.00. The number of nitrogens with zero attached hydrogens (tertiary/aromatic N) is 1. The first kappa shape index (κ1) is 16.6. The van der Waals surface area contributed by atoms with Gasteiger partial charge in [0.25, 0.3) is 0 Å². The predicted octanol–water partition coefficient (Wildman–Crippen LogP) is 2.43. The van der Waals surface area contributed by atoms with Crippen LogP contribution in [0.1, 0.15) is 12.5 Å². The lowest BCUT2D eigenvalue weighted by Gasteiger charge is -2.12. The summed E-state index contributed by atoms with van der Waals surface area (Å²) in [5.41, 5.74) is 3.79. The number of imide groups is 1. The van der Waals surface area contributed by atoms with E-state index < -0.39 is 28.9 Å². The molecule has 0 spiro atoms. The number of primary amides is 1. The van der Waals surface area contributed by atoms with Crippen molar-refractivity contribution in [2.24, 2.45) is 5.73 Å². The summed E-state index contributed by atoms with van der Waals surface area (Å²) in [6.07, 6.45) is -3.93. The third kappa shape index (κ3) is 4.57. The van der Waals surface area contributed by atoms with Crippen LogP contribution in [0.2, 0.25) is 5.02 Å². The molecule has 3 amide bonds. The number of carbonyl (C=O) groups excluding carboxylic acids is 2. The zero-order valence-corrected chi connectivity index (χ0v) is 11.6. The van der Waals surface area contributed by atoms with Crippen LogP contribution in [-0.4, -0.2) is 22.2 Å². The summed E-state index contributed by atoms with van der Waals surface area (Å²) in [5.74, 6) is -0.694. The van der Waals surface area contributed by atoms with E-state index >= 15 is 0 Å². The summed E-state index contributed by atoms with van der Waals surface area (Å²) < 4.78 is 37.2. The Morgan fingerprint density at radius 2 is 2.10 bits per heavy atom. The Balaban J connectivity index is 2.84. The Hall–Kier alpha value is -1.48. The van der Waals surface area contributed by atoms with Crippen molar-refractivity contribution in [2.45, 2.75) is 23.4 Å². The van der Waals surface area contributed by atoms with E-state index in [1.165, 1.54) is 6.92 Å². The molecule has 0 saturated heterocycles. The first-order chi connectivity index (χ1) is 9.11. The molecule has 0 saturated carbocycles. The number of halogens is 4. The number of rotatable bonds is 3. The molecular weight excluding hydrogens is 319 g/mol. The number of pyridine rings is 1. The van der Waals surface area contributed by atoms with E-state index in [0.29, 0.717) is 6.20 Å². The van der Waals surface area contributed by atoms with E-state index in [-0.39, 0.29) is 10.0 Å². The Morgan fingerprint density at radius 3 is 2.55 bits per heavy atom. The van der Waals surface area contributed by atoms with Crippen molar-refractivity contribution in [1.82, 2.24) is 10.3 Å². The molecule has 5 nitrogen and oxygen atoms in total. The molecule has 0 aromatic carbocycles. The lowest BCUT2D eigenvalue weighted by atomic mass is 10.3. The molecule has 1 rings (SSSR count). The third-order valence-corrected chi connectivity index (χ3v) is 3.56. The molecule has 3 N–H and O–H groups in total. The fourth-order valence-corrected chi connectivity index (χ4v) is 2.20. The van der Waals surface area contributed by atoms with Crippen LogP contribution in [0.4, 0.5) is 18.0 Å². The molecule has 10 heteroatoms. The molecule has 1 aromatic heterocycles. The number of nitrogens with one attached hydrogen (secondary N) is 1. The van der Waals surface area contributed by atoms with E-state index in [2.05, 4.69) is 4.98 Å². The van der Waals surface area contributed by atoms with Crippen LogP contribution >= 0.6 is 23.4 Å². The van der Waals surface area contributed by atoms with Crippen LogP contribution in [0.15, 0.2) is 17.3 Å². The number of aromatic nitrogens is 1. The number of urea groups is 1. The number of alkyl halides is 3. The van der Waals surface area contributed by atoms with E-state index in [9.17, 15) is 22.8 Å². The number of amides is 3. The van der Waals surface area contributed by atoms with Gasteiger partial charge in [0.1, 0.15) is 5.03 Å². The van der Waals surface area contributed by atoms with Gasteiger partial charge in [0.15, 0.2) is 0 Å². The quantitative estimate of drug-likeness (QED) is 0.835. The van der Waals surface area contributed by atoms with Gasteiger partial charge in [-0.1, -0.05) is 23.4 Å². The minimum absolute atomic E-state index is 0.0480. The fraction of sp³-hybridized carbons (Fsp3) is 0.300. The van der Waals surface area contributed by atoms with Crippen LogP contribution < -0.4 is 11.1 Å². The standard InChI is InChI=1S/C10H9ClF3N3O2S/c1-4(7(18)17-9(15)19)20-8-6(11)2-5(3-16-8)10(12,13)14/h2-4H,1H3,(H3,15,17,18,19). The molecule has 110 valence electrons. The van der Waals surface area contributed by atoms with Gasteiger partial charge in [0.05, 0.1) is 15.8 Å². The van der Waals surface area contributed by atoms with Gasteiger partial charge in [-0.3, -0.25) is 10.1 Å². The van der Waals surface area contributed by atoms with Gasteiger partial charge in [-0.25, -0.2) is 9.78 Å². The average Bonchev–Trinajstić information content (AvgIpc) is 2.29. The second-order valence-corrected chi connectivity index (χ2v) is 5.36. The maximum Gasteiger partial charge on any atom is 0.417 e. The number of thioether (sulfide) groups is 1. The zero-order valence-electron chi connectivity index (χ0n) is 9.99. The van der Waals surface area contributed by atoms with E-state index in [1.807, 2.05) is 5.32 Å². The molecule has 20 heavy (non-hydrogen) atoms. The molecule has 0 fully saturated rings. The second-order valence-electron chi connectivity index (χ2n) is 3.62. The molecule has 1 atom stereocenters. The van der Waals surface area contributed by atoms with Crippen molar-refractivity contribution in [3.63, 3.8) is 0 Å². The highest BCUT2D eigenvalue weighted by atomic mass is 35.5. The van der Waals surface area contributed by atoms with Crippen molar-refractivity contribution in [1.29, 1.82) is 0 Å². The Labute approximate surface area is 121 Å². The van der Waals surface area contributed by atoms with E-state index in [4.69, 9.17) is 17.3 Å². The van der Waals surface area contributed by atoms with E-state index in [1.54, 1.807) is 0 Å². The lowest BCUT2D eigenvalue weighted by Crippen LogP contribution is -2.39. The fourth-order valence-electron chi connectivity index (χ4n) is 1.11. The van der Waals surface area contributed by atoms with Gasteiger partial charge in [-0.15, -0.1) is 0 Å². The van der Waals surface area contributed by atoms with Crippen molar-refractivity contribution in [3.05, 3.63) is 22.8 Å². The maximum absolute atomic E-state index is 12.4. The van der Waals surface area contributed by atoms with Crippen LogP contribution in [0.3, 0.4) is 0 Å². The largest absolute Gasteiger partial charge is 0.417 e. The molecule has 0 bridgehead atoms. The van der Waals surface area contributed by atoms with Crippen LogP contribution in [-0.2, 0) is 11.0 Å². The van der Waals surface area contributed by atoms with Crippen LogP contribution in [0.25, 0.3) is 0 Å². The molecule has 0 aliphatic carbocycles. The zero-order chi connectivity index (χ0) is 15.5. The highest BCUT2D eigenvalue weighted by Gasteiger charge is 2.32. The molecule has 0 aliphatic heterocycles. The summed E-state index contributed by atoms with van der Waals surface area (Å²) in [6.45, 7) is 1.43. The first-order valence-corrected chi connectivity index (χ1v) is 6.36. The molecular formula is C10H9ClF3N3O2S. The molecule has 1 unspecified atom stereocenters. The van der Waals surface area contributed by atoms with Crippen LogP contribution in [0.5, 0.6) is 0 Å². The first-order valence-electron chi connectivity index (χ1n) is 5.11. The normalized spacial score (nSPS) is 12.8. The highest BCUT2D eigenvalue weighted by Crippen LogP contribution is 2.34. The van der Waals surface area contributed by atoms with Gasteiger partial charge in [-0.2, -0.15) is 13.2 Å². The topological polar surface area (TPSA) is 85.1 Å². The molecule has 1 heterocycles. The van der Waals surface area contributed by atoms with Crippen molar-refractivity contribution >= 4 is 35.3 Å². The second kappa shape index (κ2) is 6.31. The summed E-state index contributed by atoms with van der Waals surface area (Å²) in [7, 11) is 0. The lowest BCUT2D eigenvalue weighted by molar-refractivity contribution is -0.137. The van der Waals surface area contributed by atoms with Crippen molar-refractivity contribution in [2.75, 3.05) is 0 Å². The van der Waals surface area contributed by atoms with Crippen molar-refractivity contribution < 1.29 is 22.8 Å². The van der Waals surface area contributed by atoms with Crippen LogP contribution in [0, 0.1) is 0 Å². The summed E-state index contributed by atoms with van der Waals surface area (Å²) in [5, 5.41) is 0.860. The monoisotopic (exact) mass is 327 g/mol. The van der Waals surface area contributed by atoms with Crippen molar-refractivity contribution in [3.8, 4) is 0 Å². The van der Waals surface area contributed by atoms with E-state index in [0.717, 1.165) is 17.8 Å². The minimum Gasteiger partial charge on any atom is -0.351 e. The minimum atomic E-state index is -4.55. The number of hydrogen-bond donors (Lipinski definition) is 2. The molecule has 0 radical (unpaired) electrons. The average molecular weight is 328 g/mol. The summed E-state index contributed by atoms with van der Waals surface area (Å²) in [4.78, 5) is 25.5. The number of hydrogen-bond acceptors (Lipinski definition) is 4. The van der Waals surface area contributed by atoms with Gasteiger partial charge in [0.2, 0.25) is 5.91 Å². The van der Waals surface area contributed by atoms with Gasteiger partial charge >= 0.3 is 12.2 Å². The number of nitrogens with two attached hydrogens (primary N) is 1. The Bertz CT molecular complexity index is 539.